The maximum atomic E-state index is 5.76. The molecule has 0 aliphatic carbocycles. The van der Waals surface area contributed by atoms with Gasteiger partial charge in [-0.3, -0.25) is 0 Å². The Morgan fingerprint density at radius 2 is 1.95 bits per heavy atom. The average molecular weight is 305 g/mol. The van der Waals surface area contributed by atoms with Gasteiger partial charge in [-0.15, -0.1) is 10.2 Å². The number of anilines is 1. The average Bonchev–Trinajstić information content (AvgIpc) is 2.98. The molecule has 0 radical (unpaired) electrons. The van der Waals surface area contributed by atoms with E-state index < -0.39 is 0 Å². The first-order chi connectivity index (χ1) is 10.2. The Labute approximate surface area is 130 Å². The summed E-state index contributed by atoms with van der Waals surface area (Å²) in [5.74, 6) is 1.47. The van der Waals surface area contributed by atoms with Crippen molar-refractivity contribution in [2.24, 2.45) is 0 Å². The highest BCUT2D eigenvalue weighted by atomic mass is 32.1. The van der Waals surface area contributed by atoms with Crippen molar-refractivity contribution in [3.8, 4) is 5.75 Å². The lowest BCUT2D eigenvalue weighted by Crippen LogP contribution is -1.98. The lowest BCUT2D eigenvalue weighted by atomic mass is 9.99. The second-order valence-corrected chi connectivity index (χ2v) is 6.16. The smallest absolute Gasteiger partial charge is 0.205 e. The molecule has 2 aromatic rings. The first kappa shape index (κ1) is 15.8. The molecule has 1 heterocycles. The quantitative estimate of drug-likeness (QED) is 0.782. The lowest BCUT2D eigenvalue weighted by molar-refractivity contribution is 0.304. The maximum absolute atomic E-state index is 5.76. The Kier molecular flexibility index (Phi) is 5.99. The van der Waals surface area contributed by atoms with Crippen molar-refractivity contribution in [2.45, 2.75) is 46.1 Å². The third kappa shape index (κ3) is 4.70. The molecule has 1 unspecified atom stereocenters. The summed E-state index contributed by atoms with van der Waals surface area (Å²) < 4.78 is 5.76. The zero-order chi connectivity index (χ0) is 15.1. The molecular formula is C16H23N3OS. The van der Waals surface area contributed by atoms with Gasteiger partial charge in [0.2, 0.25) is 5.13 Å². The molecule has 0 saturated carbocycles. The molecule has 1 N–H and O–H groups in total. The van der Waals surface area contributed by atoms with Gasteiger partial charge in [-0.2, -0.15) is 0 Å². The summed E-state index contributed by atoms with van der Waals surface area (Å²) in [6.45, 7) is 7.96. The summed E-state index contributed by atoms with van der Waals surface area (Å²) in [6.07, 6.45) is 2.23. The van der Waals surface area contributed by atoms with Gasteiger partial charge in [-0.25, -0.2) is 0 Å². The summed E-state index contributed by atoms with van der Waals surface area (Å²) in [7, 11) is 0. The monoisotopic (exact) mass is 305 g/mol. The van der Waals surface area contributed by atoms with E-state index in [4.69, 9.17) is 4.74 Å². The minimum Gasteiger partial charge on any atom is -0.486 e. The number of ether oxygens (including phenoxy) is 1. The molecule has 21 heavy (non-hydrogen) atoms. The van der Waals surface area contributed by atoms with E-state index >= 15 is 0 Å². The summed E-state index contributed by atoms with van der Waals surface area (Å²) in [5, 5.41) is 13.2. The van der Waals surface area contributed by atoms with Crippen LogP contribution in [0.5, 0.6) is 5.75 Å². The molecule has 4 nitrogen and oxygen atoms in total. The van der Waals surface area contributed by atoms with Crippen LogP contribution in [0.15, 0.2) is 24.3 Å². The number of rotatable bonds is 8. The van der Waals surface area contributed by atoms with Crippen LogP contribution in [0.25, 0.3) is 0 Å². The Morgan fingerprint density at radius 1 is 1.19 bits per heavy atom. The van der Waals surface area contributed by atoms with Gasteiger partial charge < -0.3 is 10.1 Å². The third-order valence-electron chi connectivity index (χ3n) is 3.42. The Bertz CT molecular complexity index is 539. The van der Waals surface area contributed by atoms with Crippen LogP contribution in [0, 0.1) is 0 Å². The van der Waals surface area contributed by atoms with E-state index in [2.05, 4.69) is 48.4 Å². The van der Waals surface area contributed by atoms with Crippen LogP contribution in [0.2, 0.25) is 0 Å². The van der Waals surface area contributed by atoms with Crippen molar-refractivity contribution in [3.05, 3.63) is 34.8 Å². The molecule has 0 aliphatic heterocycles. The number of benzene rings is 1. The van der Waals surface area contributed by atoms with Crippen LogP contribution in [0.3, 0.4) is 0 Å². The SMILES string of the molecule is CCCNc1nnc(COc2ccc(C(C)CC)cc2)s1. The van der Waals surface area contributed by atoms with Gasteiger partial charge in [0, 0.05) is 6.54 Å². The van der Waals surface area contributed by atoms with E-state index in [0.29, 0.717) is 12.5 Å². The molecule has 1 aromatic heterocycles. The number of hydrogen-bond donors (Lipinski definition) is 1. The Balaban J connectivity index is 1.86. The molecule has 0 aliphatic rings. The van der Waals surface area contributed by atoms with Gasteiger partial charge in [-0.1, -0.05) is 44.2 Å². The third-order valence-corrected chi connectivity index (χ3v) is 4.27. The fraction of sp³-hybridized carbons (Fsp3) is 0.500. The zero-order valence-corrected chi connectivity index (χ0v) is 13.7. The van der Waals surface area contributed by atoms with Gasteiger partial charge in [0.1, 0.15) is 12.4 Å². The molecule has 0 spiro atoms. The second kappa shape index (κ2) is 7.98. The van der Waals surface area contributed by atoms with Gasteiger partial charge in [0.15, 0.2) is 5.01 Å². The van der Waals surface area contributed by atoms with Crippen LogP contribution in [-0.4, -0.2) is 16.7 Å². The lowest BCUT2D eigenvalue weighted by Gasteiger charge is -2.10. The summed E-state index contributed by atoms with van der Waals surface area (Å²) >= 11 is 1.55. The van der Waals surface area contributed by atoms with Crippen LogP contribution < -0.4 is 10.1 Å². The molecule has 5 heteroatoms. The molecule has 0 amide bonds. The predicted molar refractivity (Wildman–Crippen MR) is 88.2 cm³/mol. The standard InChI is InChI=1S/C16H23N3OS/c1-4-10-17-16-19-18-15(21-16)11-20-14-8-6-13(7-9-14)12(3)5-2/h6-9,12H,4-5,10-11H2,1-3H3,(H,17,19). The highest BCUT2D eigenvalue weighted by molar-refractivity contribution is 7.15. The number of nitrogens with zero attached hydrogens (tertiary/aromatic N) is 2. The summed E-state index contributed by atoms with van der Waals surface area (Å²) in [4.78, 5) is 0. The fourth-order valence-corrected chi connectivity index (χ4v) is 2.57. The normalized spacial score (nSPS) is 12.1. The maximum Gasteiger partial charge on any atom is 0.205 e. The molecule has 0 saturated heterocycles. The second-order valence-electron chi connectivity index (χ2n) is 5.09. The number of nitrogens with one attached hydrogen (secondary N) is 1. The minimum atomic E-state index is 0.466. The molecule has 0 fully saturated rings. The number of aromatic nitrogens is 2. The molecular weight excluding hydrogens is 282 g/mol. The highest BCUT2D eigenvalue weighted by Crippen LogP contribution is 2.23. The molecule has 1 atom stereocenters. The molecule has 2 rings (SSSR count). The fourth-order valence-electron chi connectivity index (χ4n) is 1.89. The van der Waals surface area contributed by atoms with E-state index in [1.165, 1.54) is 5.56 Å². The van der Waals surface area contributed by atoms with Crippen molar-refractivity contribution < 1.29 is 4.74 Å². The van der Waals surface area contributed by atoms with Gasteiger partial charge in [-0.05, 0) is 36.5 Å². The largest absolute Gasteiger partial charge is 0.486 e. The topological polar surface area (TPSA) is 47.0 Å². The van der Waals surface area contributed by atoms with Gasteiger partial charge in [0.25, 0.3) is 0 Å². The van der Waals surface area contributed by atoms with Gasteiger partial charge >= 0.3 is 0 Å². The zero-order valence-electron chi connectivity index (χ0n) is 12.9. The van der Waals surface area contributed by atoms with E-state index in [1.807, 2.05) is 12.1 Å². The van der Waals surface area contributed by atoms with Crippen LogP contribution in [0.1, 0.15) is 50.1 Å². The Morgan fingerprint density at radius 3 is 2.62 bits per heavy atom. The predicted octanol–water partition coefficient (Wildman–Crippen LogP) is 4.45. The molecule has 1 aromatic carbocycles. The van der Waals surface area contributed by atoms with E-state index in [0.717, 1.165) is 35.3 Å². The highest BCUT2D eigenvalue weighted by Gasteiger charge is 2.06. The van der Waals surface area contributed by atoms with E-state index in [1.54, 1.807) is 11.3 Å². The van der Waals surface area contributed by atoms with Crippen molar-refractivity contribution in [1.29, 1.82) is 0 Å². The summed E-state index contributed by atoms with van der Waals surface area (Å²) in [5.41, 5.74) is 1.35. The van der Waals surface area contributed by atoms with E-state index in [9.17, 15) is 0 Å². The van der Waals surface area contributed by atoms with Crippen LogP contribution in [0.4, 0.5) is 5.13 Å². The van der Waals surface area contributed by atoms with E-state index in [-0.39, 0.29) is 0 Å². The molecule has 114 valence electrons. The van der Waals surface area contributed by atoms with Crippen LogP contribution >= 0.6 is 11.3 Å². The van der Waals surface area contributed by atoms with Crippen molar-refractivity contribution in [1.82, 2.24) is 10.2 Å². The minimum absolute atomic E-state index is 0.466. The van der Waals surface area contributed by atoms with Crippen LogP contribution in [-0.2, 0) is 6.61 Å². The first-order valence-electron chi connectivity index (χ1n) is 7.52. The van der Waals surface area contributed by atoms with Crippen molar-refractivity contribution in [3.63, 3.8) is 0 Å². The summed E-state index contributed by atoms with van der Waals surface area (Å²) in [6, 6.07) is 8.33. The Hall–Kier alpha value is -1.62. The van der Waals surface area contributed by atoms with Crippen molar-refractivity contribution in [2.75, 3.05) is 11.9 Å². The van der Waals surface area contributed by atoms with Gasteiger partial charge in [0.05, 0.1) is 0 Å². The molecule has 0 bridgehead atoms. The number of hydrogen-bond acceptors (Lipinski definition) is 5. The van der Waals surface area contributed by atoms with Crippen molar-refractivity contribution >= 4 is 16.5 Å². The first-order valence-corrected chi connectivity index (χ1v) is 8.33.